The van der Waals surface area contributed by atoms with Crippen molar-refractivity contribution in [3.05, 3.63) is 53.6 Å². The number of nitrogens with zero attached hydrogens (tertiary/aromatic N) is 2. The SMILES string of the molecule is COc1ccc2c(c1)CN(C(=O)CCN1CCC(Cc3ccc(O)cc3)CC1)CC[S@]2=O. The van der Waals surface area contributed by atoms with E-state index >= 15 is 0 Å². The summed E-state index contributed by atoms with van der Waals surface area (Å²) in [5.74, 6) is 2.30. The number of carbonyl (C=O) groups is 1. The van der Waals surface area contributed by atoms with Crippen LogP contribution in [-0.4, -0.2) is 64.1 Å². The van der Waals surface area contributed by atoms with E-state index in [0.29, 0.717) is 36.9 Å². The largest absolute Gasteiger partial charge is 0.508 e. The maximum atomic E-state index is 12.9. The number of hydrogen-bond acceptors (Lipinski definition) is 5. The number of rotatable bonds is 6. The van der Waals surface area contributed by atoms with Crippen molar-refractivity contribution in [3.63, 3.8) is 0 Å². The van der Waals surface area contributed by atoms with Gasteiger partial charge in [0.25, 0.3) is 0 Å². The summed E-state index contributed by atoms with van der Waals surface area (Å²) in [6, 6.07) is 13.1. The molecule has 172 valence electrons. The molecular weight excluding hydrogens is 424 g/mol. The predicted molar refractivity (Wildman–Crippen MR) is 125 cm³/mol. The van der Waals surface area contributed by atoms with Crippen molar-refractivity contribution in [2.45, 2.75) is 37.1 Å². The number of piperidine rings is 1. The van der Waals surface area contributed by atoms with Crippen molar-refractivity contribution in [1.82, 2.24) is 9.80 Å². The molecule has 2 aromatic carbocycles. The Balaban J connectivity index is 1.26. The Morgan fingerprint density at radius 3 is 2.59 bits per heavy atom. The van der Waals surface area contributed by atoms with Crippen LogP contribution in [0.4, 0.5) is 0 Å². The van der Waals surface area contributed by atoms with Crippen molar-refractivity contribution in [2.75, 3.05) is 39.0 Å². The molecule has 1 amide bonds. The quantitative estimate of drug-likeness (QED) is 0.723. The van der Waals surface area contributed by atoms with E-state index in [2.05, 4.69) is 4.90 Å². The van der Waals surface area contributed by atoms with Crippen LogP contribution in [0.3, 0.4) is 0 Å². The Morgan fingerprint density at radius 1 is 1.12 bits per heavy atom. The van der Waals surface area contributed by atoms with Gasteiger partial charge < -0.3 is 19.6 Å². The number of aromatic hydroxyl groups is 1. The third kappa shape index (κ3) is 5.70. The van der Waals surface area contributed by atoms with E-state index < -0.39 is 10.8 Å². The average Bonchev–Trinajstić information content (AvgIpc) is 2.98. The lowest BCUT2D eigenvalue weighted by Crippen LogP contribution is -2.38. The number of phenols is 1. The van der Waals surface area contributed by atoms with E-state index in [9.17, 15) is 14.1 Å². The monoisotopic (exact) mass is 456 g/mol. The second kappa shape index (κ2) is 10.5. The number of methoxy groups -OCH3 is 1. The minimum atomic E-state index is -1.08. The highest BCUT2D eigenvalue weighted by molar-refractivity contribution is 7.85. The van der Waals surface area contributed by atoms with Crippen molar-refractivity contribution >= 4 is 16.7 Å². The molecule has 0 spiro atoms. The summed E-state index contributed by atoms with van der Waals surface area (Å²) in [6.45, 7) is 3.82. The van der Waals surface area contributed by atoms with Gasteiger partial charge in [0.05, 0.1) is 17.9 Å². The minimum Gasteiger partial charge on any atom is -0.508 e. The summed E-state index contributed by atoms with van der Waals surface area (Å²) in [4.78, 5) is 18.0. The number of likely N-dealkylation sites (tertiary alicyclic amines) is 1. The molecule has 2 heterocycles. The molecule has 0 radical (unpaired) electrons. The van der Waals surface area contributed by atoms with Gasteiger partial charge in [-0.15, -0.1) is 0 Å². The Kier molecular flexibility index (Phi) is 7.48. The number of ether oxygens (including phenoxy) is 1. The second-order valence-corrected chi connectivity index (χ2v) is 10.3. The highest BCUT2D eigenvalue weighted by atomic mass is 32.2. The predicted octanol–water partition coefficient (Wildman–Crippen LogP) is 3.20. The van der Waals surface area contributed by atoms with Gasteiger partial charge >= 0.3 is 0 Å². The molecule has 32 heavy (non-hydrogen) atoms. The third-order valence-electron chi connectivity index (χ3n) is 6.58. The Morgan fingerprint density at radius 2 is 1.88 bits per heavy atom. The fraction of sp³-hybridized carbons (Fsp3) is 0.480. The number of benzene rings is 2. The molecule has 1 saturated heterocycles. The van der Waals surface area contributed by atoms with E-state index in [0.717, 1.165) is 55.1 Å². The molecule has 2 aliphatic heterocycles. The Bertz CT molecular complexity index is 955. The van der Waals surface area contributed by atoms with Crippen LogP contribution in [0.1, 0.15) is 30.4 Å². The van der Waals surface area contributed by atoms with Crippen LogP contribution in [-0.2, 0) is 28.6 Å². The lowest BCUT2D eigenvalue weighted by molar-refractivity contribution is -0.132. The molecule has 6 nitrogen and oxygen atoms in total. The van der Waals surface area contributed by atoms with Crippen molar-refractivity contribution in [3.8, 4) is 11.5 Å². The van der Waals surface area contributed by atoms with Gasteiger partial charge in [0.15, 0.2) is 0 Å². The lowest BCUT2D eigenvalue weighted by atomic mass is 9.90. The van der Waals surface area contributed by atoms with Gasteiger partial charge in [-0.25, -0.2) is 0 Å². The highest BCUT2D eigenvalue weighted by Gasteiger charge is 2.25. The Labute approximate surface area is 192 Å². The summed E-state index contributed by atoms with van der Waals surface area (Å²) >= 11 is 0. The summed E-state index contributed by atoms with van der Waals surface area (Å²) in [5, 5.41) is 9.44. The first kappa shape index (κ1) is 22.8. The normalized spacial score (nSPS) is 19.9. The molecule has 2 aliphatic rings. The van der Waals surface area contributed by atoms with Gasteiger partial charge in [-0.3, -0.25) is 9.00 Å². The molecule has 0 aliphatic carbocycles. The van der Waals surface area contributed by atoms with Crippen molar-refractivity contribution in [1.29, 1.82) is 0 Å². The van der Waals surface area contributed by atoms with Crippen LogP contribution in [0.25, 0.3) is 0 Å². The van der Waals surface area contributed by atoms with Crippen LogP contribution in [0.5, 0.6) is 11.5 Å². The number of amides is 1. The van der Waals surface area contributed by atoms with Crippen LogP contribution in [0, 0.1) is 5.92 Å². The minimum absolute atomic E-state index is 0.129. The standard InChI is InChI=1S/C25H32N2O4S/c1-31-23-6-7-24-21(17-23)18-27(14-15-32(24)30)25(29)10-13-26-11-8-20(9-12-26)16-19-2-4-22(28)5-3-19/h2-7,17,20,28H,8-16,18H2,1H3/t32-/m1/s1. The highest BCUT2D eigenvalue weighted by Crippen LogP contribution is 2.26. The molecule has 0 aromatic heterocycles. The van der Waals surface area contributed by atoms with Crippen LogP contribution in [0.15, 0.2) is 47.4 Å². The fourth-order valence-corrected chi connectivity index (χ4v) is 5.86. The van der Waals surface area contributed by atoms with Gasteiger partial charge in [-0.1, -0.05) is 12.1 Å². The smallest absolute Gasteiger partial charge is 0.224 e. The lowest BCUT2D eigenvalue weighted by Gasteiger charge is -2.32. The molecule has 0 unspecified atom stereocenters. The van der Waals surface area contributed by atoms with E-state index in [1.807, 2.05) is 35.2 Å². The molecule has 4 rings (SSSR count). The van der Waals surface area contributed by atoms with Gasteiger partial charge in [-0.05, 0) is 79.7 Å². The van der Waals surface area contributed by atoms with Crippen LogP contribution < -0.4 is 4.74 Å². The number of carbonyl (C=O) groups excluding carboxylic acids is 1. The zero-order valence-corrected chi connectivity index (χ0v) is 19.5. The summed E-state index contributed by atoms with van der Waals surface area (Å²) in [6.07, 6.45) is 3.80. The summed E-state index contributed by atoms with van der Waals surface area (Å²) in [5.41, 5.74) is 2.19. The number of hydrogen-bond donors (Lipinski definition) is 1. The summed E-state index contributed by atoms with van der Waals surface area (Å²) in [7, 11) is 0.533. The average molecular weight is 457 g/mol. The summed E-state index contributed by atoms with van der Waals surface area (Å²) < 4.78 is 17.9. The second-order valence-electron chi connectivity index (χ2n) is 8.74. The molecular formula is C25H32N2O4S. The van der Waals surface area contributed by atoms with E-state index in [1.54, 1.807) is 19.2 Å². The van der Waals surface area contributed by atoms with Crippen LogP contribution in [0.2, 0.25) is 0 Å². The maximum Gasteiger partial charge on any atom is 0.224 e. The molecule has 1 N–H and O–H groups in total. The third-order valence-corrected chi connectivity index (χ3v) is 8.03. The van der Waals surface area contributed by atoms with Gasteiger partial charge in [0.2, 0.25) is 5.91 Å². The zero-order chi connectivity index (χ0) is 22.5. The first-order chi connectivity index (χ1) is 15.5. The molecule has 1 fully saturated rings. The van der Waals surface area contributed by atoms with Crippen LogP contribution >= 0.6 is 0 Å². The van der Waals surface area contributed by atoms with Gasteiger partial charge in [0, 0.05) is 36.7 Å². The van der Waals surface area contributed by atoms with E-state index in [-0.39, 0.29) is 5.91 Å². The molecule has 1 atom stereocenters. The number of fused-ring (bicyclic) bond motifs is 1. The van der Waals surface area contributed by atoms with Gasteiger partial charge in [0.1, 0.15) is 11.5 Å². The van der Waals surface area contributed by atoms with Gasteiger partial charge in [-0.2, -0.15) is 0 Å². The van der Waals surface area contributed by atoms with Crippen molar-refractivity contribution in [2.24, 2.45) is 5.92 Å². The zero-order valence-electron chi connectivity index (χ0n) is 18.7. The first-order valence-electron chi connectivity index (χ1n) is 11.3. The first-order valence-corrected chi connectivity index (χ1v) is 12.7. The van der Waals surface area contributed by atoms with E-state index in [1.165, 1.54) is 5.56 Å². The maximum absolute atomic E-state index is 12.9. The molecule has 7 heteroatoms. The molecule has 0 bridgehead atoms. The Hall–Kier alpha value is -2.38. The number of phenolic OH excluding ortho intramolecular Hbond substituents is 1. The van der Waals surface area contributed by atoms with E-state index in [4.69, 9.17) is 4.74 Å². The molecule has 2 aromatic rings. The fourth-order valence-electron chi connectivity index (χ4n) is 4.62. The topological polar surface area (TPSA) is 70.1 Å². The molecule has 0 saturated carbocycles. The van der Waals surface area contributed by atoms with Crippen molar-refractivity contribution < 1.29 is 18.8 Å².